The number of carboxylic acid groups (broad SMARTS) is 1. The fourth-order valence-electron chi connectivity index (χ4n) is 4.54. The van der Waals surface area contributed by atoms with Gasteiger partial charge in [-0.05, 0) is 67.9 Å². The molecule has 1 amide bonds. The number of hydrogen-bond acceptors (Lipinski definition) is 3. The molecule has 1 aromatic rings. The molecule has 0 aromatic heterocycles. The Hall–Kier alpha value is -2.11. The second-order valence-electron chi connectivity index (χ2n) is 9.56. The van der Waals surface area contributed by atoms with Crippen LogP contribution >= 0.6 is 0 Å². The van der Waals surface area contributed by atoms with E-state index in [0.29, 0.717) is 18.3 Å². The van der Waals surface area contributed by atoms with Gasteiger partial charge >= 0.3 is 5.97 Å². The molecule has 0 bridgehead atoms. The van der Waals surface area contributed by atoms with Gasteiger partial charge in [0.2, 0.25) is 0 Å². The fourth-order valence-corrected chi connectivity index (χ4v) is 4.54. The Kier molecular flexibility index (Phi) is 6.49. The van der Waals surface area contributed by atoms with Crippen molar-refractivity contribution in [3.63, 3.8) is 0 Å². The normalized spacial score (nSPS) is 24.0. The maximum Gasteiger partial charge on any atom is 0.322 e. The maximum atomic E-state index is 14.6. The average molecular weight is 406 g/mol. The Labute approximate surface area is 172 Å². The third-order valence-electron chi connectivity index (χ3n) is 6.08. The molecule has 0 spiro atoms. The highest BCUT2D eigenvalue weighted by atomic mass is 19.1. The minimum Gasteiger partial charge on any atom is -0.493 e. The summed E-state index contributed by atoms with van der Waals surface area (Å²) >= 11 is 0. The molecule has 0 radical (unpaired) electrons. The van der Waals surface area contributed by atoms with E-state index in [-0.39, 0.29) is 16.9 Å². The van der Waals surface area contributed by atoms with Crippen molar-refractivity contribution in [2.45, 2.75) is 65.2 Å². The van der Waals surface area contributed by atoms with Crippen LogP contribution in [0.25, 0.3) is 0 Å². The van der Waals surface area contributed by atoms with Crippen molar-refractivity contribution in [2.75, 3.05) is 13.2 Å². The lowest BCUT2D eigenvalue weighted by atomic mass is 9.87. The van der Waals surface area contributed by atoms with Crippen molar-refractivity contribution in [3.05, 3.63) is 29.1 Å². The van der Waals surface area contributed by atoms with E-state index < -0.39 is 24.2 Å². The number of ether oxygens (including phenoxy) is 1. The van der Waals surface area contributed by atoms with Gasteiger partial charge in [0.15, 0.2) is 0 Å². The van der Waals surface area contributed by atoms with Crippen LogP contribution in [0.1, 0.15) is 81.1 Å². The van der Waals surface area contributed by atoms with Crippen molar-refractivity contribution in [3.8, 4) is 5.75 Å². The van der Waals surface area contributed by atoms with E-state index in [1.807, 2.05) is 0 Å². The zero-order valence-corrected chi connectivity index (χ0v) is 17.6. The first-order valence-corrected chi connectivity index (χ1v) is 10.6. The monoisotopic (exact) mass is 405 g/mol. The zero-order chi connectivity index (χ0) is 21.2. The fraction of sp³-hybridized carbons (Fsp3) is 0.652. The molecule has 5 nitrogen and oxygen atoms in total. The van der Waals surface area contributed by atoms with Crippen molar-refractivity contribution in [1.82, 2.24) is 5.32 Å². The summed E-state index contributed by atoms with van der Waals surface area (Å²) in [4.78, 5) is 22.8. The van der Waals surface area contributed by atoms with Crippen LogP contribution in [-0.2, 0) is 4.79 Å². The third-order valence-corrected chi connectivity index (χ3v) is 6.08. The molecule has 160 valence electrons. The van der Waals surface area contributed by atoms with Crippen LogP contribution in [-0.4, -0.2) is 30.1 Å². The summed E-state index contributed by atoms with van der Waals surface area (Å²) in [6.45, 7) is 6.76. The van der Waals surface area contributed by atoms with Gasteiger partial charge in [0.05, 0.1) is 12.2 Å². The largest absolute Gasteiger partial charge is 0.493 e. The number of hydrogen-bond donors (Lipinski definition) is 2. The van der Waals surface area contributed by atoms with Crippen LogP contribution in [0.15, 0.2) is 12.1 Å². The summed E-state index contributed by atoms with van der Waals surface area (Å²) in [7, 11) is 0. The number of aliphatic carboxylic acids is 1. The molecule has 0 heterocycles. The summed E-state index contributed by atoms with van der Waals surface area (Å²) in [5, 5.41) is 10.9. The maximum absolute atomic E-state index is 14.6. The Bertz CT molecular complexity index is 774. The number of carbonyl (C=O) groups excluding carboxylic acids is 1. The van der Waals surface area contributed by atoms with Crippen molar-refractivity contribution >= 4 is 11.9 Å². The van der Waals surface area contributed by atoms with Gasteiger partial charge in [-0.15, -0.1) is 0 Å². The first-order valence-electron chi connectivity index (χ1n) is 10.6. The zero-order valence-electron chi connectivity index (χ0n) is 17.6. The first kappa shape index (κ1) is 21.6. The number of amides is 1. The summed E-state index contributed by atoms with van der Waals surface area (Å²) in [6.07, 6.45) is 6.67. The van der Waals surface area contributed by atoms with Crippen LogP contribution in [0.3, 0.4) is 0 Å². The molecule has 6 heteroatoms. The number of nitrogens with one attached hydrogen (secondary N) is 1. The SMILES string of the molecule is CC(C)CC1CCC(C)(COc2cc(F)c(C(=O)NCC(=O)O)cc2C2CC2)C1. The average Bonchev–Trinajstić information content (AvgIpc) is 3.41. The van der Waals surface area contributed by atoms with Gasteiger partial charge in [-0.2, -0.15) is 0 Å². The molecule has 2 saturated carbocycles. The quantitative estimate of drug-likeness (QED) is 0.622. The number of halogens is 1. The summed E-state index contributed by atoms with van der Waals surface area (Å²) in [6, 6.07) is 2.84. The van der Waals surface area contributed by atoms with Crippen LogP contribution in [0.4, 0.5) is 4.39 Å². The Morgan fingerprint density at radius 2 is 2.03 bits per heavy atom. The van der Waals surface area contributed by atoms with E-state index in [1.165, 1.54) is 25.0 Å². The lowest BCUT2D eigenvalue weighted by molar-refractivity contribution is -0.135. The van der Waals surface area contributed by atoms with E-state index in [1.54, 1.807) is 0 Å². The van der Waals surface area contributed by atoms with Gasteiger partial charge in [0.25, 0.3) is 5.91 Å². The van der Waals surface area contributed by atoms with Crippen LogP contribution < -0.4 is 10.1 Å². The number of carbonyl (C=O) groups is 2. The number of carboxylic acids is 1. The topological polar surface area (TPSA) is 75.6 Å². The predicted molar refractivity (Wildman–Crippen MR) is 109 cm³/mol. The van der Waals surface area contributed by atoms with Gasteiger partial charge in [-0.3, -0.25) is 9.59 Å². The van der Waals surface area contributed by atoms with E-state index in [9.17, 15) is 14.0 Å². The predicted octanol–water partition coefficient (Wildman–Crippen LogP) is 4.75. The highest BCUT2D eigenvalue weighted by Gasteiger charge is 2.37. The molecule has 2 fully saturated rings. The lowest BCUT2D eigenvalue weighted by Crippen LogP contribution is -2.30. The second kappa shape index (κ2) is 8.72. The van der Waals surface area contributed by atoms with Crippen molar-refractivity contribution < 1.29 is 23.8 Å². The van der Waals surface area contributed by atoms with E-state index >= 15 is 0 Å². The standard InChI is InChI=1S/C23H32FNO4/c1-14(2)8-15-6-7-23(3,11-15)13-29-20-10-19(24)18(9-17(20)16-4-5-16)22(28)25-12-21(26)27/h9-10,14-16H,4-8,11-13H2,1-3H3,(H,25,28)(H,26,27). The molecule has 1 aromatic carbocycles. The highest BCUT2D eigenvalue weighted by Crippen LogP contribution is 2.47. The molecule has 2 atom stereocenters. The summed E-state index contributed by atoms with van der Waals surface area (Å²) in [5.41, 5.74) is 0.825. The molecular weight excluding hydrogens is 373 g/mol. The molecule has 2 N–H and O–H groups in total. The second-order valence-corrected chi connectivity index (χ2v) is 9.56. The first-order chi connectivity index (χ1) is 13.7. The van der Waals surface area contributed by atoms with Gasteiger partial charge in [0, 0.05) is 11.5 Å². The number of rotatable bonds is 9. The molecular formula is C23H32FNO4. The van der Waals surface area contributed by atoms with Crippen LogP contribution in [0.2, 0.25) is 0 Å². The molecule has 29 heavy (non-hydrogen) atoms. The van der Waals surface area contributed by atoms with E-state index in [0.717, 1.165) is 37.2 Å². The van der Waals surface area contributed by atoms with E-state index in [4.69, 9.17) is 9.84 Å². The minimum atomic E-state index is -1.17. The molecule has 3 rings (SSSR count). The van der Waals surface area contributed by atoms with Gasteiger partial charge < -0.3 is 15.2 Å². The molecule has 0 saturated heterocycles. The van der Waals surface area contributed by atoms with Crippen molar-refractivity contribution in [1.29, 1.82) is 0 Å². The van der Waals surface area contributed by atoms with Gasteiger partial charge in [-0.25, -0.2) is 4.39 Å². The smallest absolute Gasteiger partial charge is 0.322 e. The third kappa shape index (κ3) is 5.71. The van der Waals surface area contributed by atoms with Crippen LogP contribution in [0.5, 0.6) is 5.75 Å². The summed E-state index contributed by atoms with van der Waals surface area (Å²) in [5.74, 6) is -0.335. The Morgan fingerprint density at radius 1 is 1.31 bits per heavy atom. The molecule has 2 unspecified atom stereocenters. The Balaban J connectivity index is 1.70. The van der Waals surface area contributed by atoms with Crippen LogP contribution in [0, 0.1) is 23.1 Å². The van der Waals surface area contributed by atoms with E-state index in [2.05, 4.69) is 26.1 Å². The van der Waals surface area contributed by atoms with Gasteiger partial charge in [0.1, 0.15) is 18.1 Å². The summed E-state index contributed by atoms with van der Waals surface area (Å²) < 4.78 is 20.7. The molecule has 0 aliphatic heterocycles. The number of benzene rings is 1. The highest BCUT2D eigenvalue weighted by molar-refractivity contribution is 5.96. The molecule has 2 aliphatic rings. The minimum absolute atomic E-state index is 0.0917. The van der Waals surface area contributed by atoms with Crippen molar-refractivity contribution in [2.24, 2.45) is 17.3 Å². The molecule has 2 aliphatic carbocycles. The Morgan fingerprint density at radius 3 is 2.66 bits per heavy atom. The lowest BCUT2D eigenvalue weighted by Gasteiger charge is -2.26. The van der Waals surface area contributed by atoms with Gasteiger partial charge in [-0.1, -0.05) is 20.8 Å².